The Balaban J connectivity index is 2.19. The van der Waals surface area contributed by atoms with E-state index in [0.29, 0.717) is 10.8 Å². The van der Waals surface area contributed by atoms with Crippen molar-refractivity contribution in [1.29, 1.82) is 0 Å². The second-order valence-corrected chi connectivity index (χ2v) is 5.00. The van der Waals surface area contributed by atoms with Crippen molar-refractivity contribution >= 4 is 35.0 Å². The van der Waals surface area contributed by atoms with E-state index >= 15 is 0 Å². The number of nitrogens with zero attached hydrogens (tertiary/aromatic N) is 2. The first kappa shape index (κ1) is 14.5. The van der Waals surface area contributed by atoms with Crippen molar-refractivity contribution in [2.24, 2.45) is 0 Å². The van der Waals surface area contributed by atoms with Gasteiger partial charge in [-0.25, -0.2) is 0 Å². The molecule has 1 aliphatic heterocycles. The largest absolute Gasteiger partial charge is 0.372 e. The highest BCUT2D eigenvalue weighted by atomic mass is 32.1. The van der Waals surface area contributed by atoms with Crippen molar-refractivity contribution in [2.45, 2.75) is 13.8 Å². The summed E-state index contributed by atoms with van der Waals surface area (Å²) in [7, 11) is 1.67. The molecule has 0 aliphatic carbocycles. The standard InChI is InChI=1S/C15H19N3OS/c1-4-18(5-2)12-8-6-11(7-9-12)10-13-14(19)17(3)15(20)16-13/h6-10H,4-5H2,1-3H3,(H,16,20)/b13-10+. The highest BCUT2D eigenvalue weighted by Crippen LogP contribution is 2.18. The maximum Gasteiger partial charge on any atom is 0.276 e. The molecule has 2 rings (SSSR count). The molecule has 0 bridgehead atoms. The lowest BCUT2D eigenvalue weighted by Crippen LogP contribution is -2.25. The van der Waals surface area contributed by atoms with Gasteiger partial charge in [-0.2, -0.15) is 0 Å². The quantitative estimate of drug-likeness (QED) is 0.681. The van der Waals surface area contributed by atoms with Gasteiger partial charge in [-0.05, 0) is 49.8 Å². The van der Waals surface area contributed by atoms with E-state index in [0.717, 1.165) is 18.7 Å². The SMILES string of the molecule is CCN(CC)c1ccc(/C=C2/NC(=S)N(C)C2=O)cc1. The van der Waals surface area contributed by atoms with E-state index in [1.165, 1.54) is 10.6 Å². The van der Waals surface area contributed by atoms with Gasteiger partial charge in [0.2, 0.25) is 0 Å². The molecule has 4 nitrogen and oxygen atoms in total. The number of hydrogen-bond acceptors (Lipinski definition) is 3. The van der Waals surface area contributed by atoms with Crippen LogP contribution < -0.4 is 10.2 Å². The van der Waals surface area contributed by atoms with Gasteiger partial charge < -0.3 is 10.2 Å². The minimum Gasteiger partial charge on any atom is -0.372 e. The zero-order valence-corrected chi connectivity index (χ0v) is 12.8. The molecule has 0 atom stereocenters. The Kier molecular flexibility index (Phi) is 4.39. The Morgan fingerprint density at radius 1 is 1.25 bits per heavy atom. The fourth-order valence-electron chi connectivity index (χ4n) is 2.16. The molecule has 0 aromatic heterocycles. The van der Waals surface area contributed by atoms with Gasteiger partial charge in [0.1, 0.15) is 5.70 Å². The molecule has 0 saturated carbocycles. The maximum absolute atomic E-state index is 11.9. The van der Waals surface area contributed by atoms with Gasteiger partial charge in [0.25, 0.3) is 5.91 Å². The first-order valence-electron chi connectivity index (χ1n) is 6.72. The first-order chi connectivity index (χ1) is 9.56. The summed E-state index contributed by atoms with van der Waals surface area (Å²) in [6, 6.07) is 8.16. The number of carbonyl (C=O) groups excluding carboxylic acids is 1. The van der Waals surface area contributed by atoms with E-state index in [-0.39, 0.29) is 5.91 Å². The lowest BCUT2D eigenvalue weighted by molar-refractivity contribution is -0.121. The zero-order chi connectivity index (χ0) is 14.7. The summed E-state index contributed by atoms with van der Waals surface area (Å²) in [5.41, 5.74) is 2.69. The van der Waals surface area contributed by atoms with Crippen LogP contribution in [0.4, 0.5) is 5.69 Å². The van der Waals surface area contributed by atoms with E-state index in [4.69, 9.17) is 12.2 Å². The number of carbonyl (C=O) groups is 1. The number of hydrogen-bond donors (Lipinski definition) is 1. The van der Waals surface area contributed by atoms with Gasteiger partial charge in [-0.3, -0.25) is 9.69 Å². The second-order valence-electron chi connectivity index (χ2n) is 4.62. The molecule has 0 unspecified atom stereocenters. The molecule has 1 N–H and O–H groups in total. The van der Waals surface area contributed by atoms with Crippen molar-refractivity contribution in [2.75, 3.05) is 25.0 Å². The van der Waals surface area contributed by atoms with Gasteiger partial charge in [0, 0.05) is 25.8 Å². The normalized spacial score (nSPS) is 16.8. The fraction of sp³-hybridized carbons (Fsp3) is 0.333. The molecule has 0 radical (unpaired) electrons. The zero-order valence-electron chi connectivity index (χ0n) is 12.0. The van der Waals surface area contributed by atoms with E-state index in [9.17, 15) is 4.79 Å². The van der Waals surface area contributed by atoms with Gasteiger partial charge in [-0.1, -0.05) is 12.1 Å². The van der Waals surface area contributed by atoms with Gasteiger partial charge in [-0.15, -0.1) is 0 Å². The Morgan fingerprint density at radius 2 is 1.85 bits per heavy atom. The smallest absolute Gasteiger partial charge is 0.276 e. The topological polar surface area (TPSA) is 35.6 Å². The van der Waals surface area contributed by atoms with Crippen molar-refractivity contribution in [3.63, 3.8) is 0 Å². The van der Waals surface area contributed by atoms with E-state index in [2.05, 4.69) is 36.2 Å². The second kappa shape index (κ2) is 6.05. The number of anilines is 1. The van der Waals surface area contributed by atoms with Crippen LogP contribution in [-0.4, -0.2) is 36.1 Å². The Hall–Kier alpha value is -1.88. The van der Waals surface area contributed by atoms with Crippen LogP contribution in [0.5, 0.6) is 0 Å². The van der Waals surface area contributed by atoms with Crippen LogP contribution in [0.3, 0.4) is 0 Å². The number of amides is 1. The summed E-state index contributed by atoms with van der Waals surface area (Å²) in [5, 5.41) is 3.37. The molecule has 1 saturated heterocycles. The fourth-order valence-corrected chi connectivity index (χ4v) is 2.35. The number of benzene rings is 1. The monoisotopic (exact) mass is 289 g/mol. The van der Waals surface area contributed by atoms with Crippen molar-refractivity contribution in [1.82, 2.24) is 10.2 Å². The summed E-state index contributed by atoms with van der Waals surface area (Å²) in [6.45, 7) is 6.24. The lowest BCUT2D eigenvalue weighted by Gasteiger charge is -2.20. The minimum absolute atomic E-state index is 0.0946. The molecular formula is C15H19N3OS. The van der Waals surface area contributed by atoms with Crippen LogP contribution in [0.25, 0.3) is 6.08 Å². The average molecular weight is 289 g/mol. The third kappa shape index (κ3) is 2.82. The van der Waals surface area contributed by atoms with Crippen LogP contribution in [0.1, 0.15) is 19.4 Å². The Bertz CT molecular complexity index is 547. The van der Waals surface area contributed by atoms with E-state index in [1.54, 1.807) is 7.05 Å². The highest BCUT2D eigenvalue weighted by molar-refractivity contribution is 7.80. The molecule has 1 amide bonds. The van der Waals surface area contributed by atoms with Crippen molar-refractivity contribution in [3.05, 3.63) is 35.5 Å². The van der Waals surface area contributed by atoms with Crippen LogP contribution >= 0.6 is 12.2 Å². The third-order valence-electron chi connectivity index (χ3n) is 3.41. The number of likely N-dealkylation sites (N-methyl/N-ethyl adjacent to an activating group) is 1. The number of rotatable bonds is 4. The third-order valence-corrected chi connectivity index (χ3v) is 3.79. The van der Waals surface area contributed by atoms with E-state index < -0.39 is 0 Å². The molecule has 1 aromatic carbocycles. The van der Waals surface area contributed by atoms with Crippen LogP contribution in [-0.2, 0) is 4.79 Å². The summed E-state index contributed by atoms with van der Waals surface area (Å²) in [6.07, 6.45) is 1.82. The highest BCUT2D eigenvalue weighted by Gasteiger charge is 2.26. The van der Waals surface area contributed by atoms with Crippen LogP contribution in [0.15, 0.2) is 30.0 Å². The van der Waals surface area contributed by atoms with E-state index in [1.807, 2.05) is 18.2 Å². The van der Waals surface area contributed by atoms with Gasteiger partial charge in [0.15, 0.2) is 5.11 Å². The summed E-state index contributed by atoms with van der Waals surface area (Å²) < 4.78 is 0. The predicted molar refractivity (Wildman–Crippen MR) is 86.5 cm³/mol. The number of thiocarbonyl (C=S) groups is 1. The molecule has 5 heteroatoms. The molecule has 20 heavy (non-hydrogen) atoms. The Labute approximate surface area is 125 Å². The summed E-state index contributed by atoms with van der Waals surface area (Å²) >= 11 is 5.04. The molecular weight excluding hydrogens is 270 g/mol. The average Bonchev–Trinajstić information content (AvgIpc) is 2.69. The molecule has 1 heterocycles. The predicted octanol–water partition coefficient (Wildman–Crippen LogP) is 2.22. The maximum atomic E-state index is 11.9. The van der Waals surface area contributed by atoms with Crippen molar-refractivity contribution < 1.29 is 4.79 Å². The number of nitrogens with one attached hydrogen (secondary N) is 1. The van der Waals surface area contributed by atoms with Crippen molar-refractivity contribution in [3.8, 4) is 0 Å². The lowest BCUT2D eigenvalue weighted by atomic mass is 10.1. The minimum atomic E-state index is -0.0946. The van der Waals surface area contributed by atoms with Gasteiger partial charge >= 0.3 is 0 Å². The molecule has 106 valence electrons. The molecule has 1 fully saturated rings. The summed E-state index contributed by atoms with van der Waals surface area (Å²) in [4.78, 5) is 15.6. The summed E-state index contributed by atoms with van der Waals surface area (Å²) in [5.74, 6) is -0.0946. The Morgan fingerprint density at radius 3 is 2.30 bits per heavy atom. The first-order valence-corrected chi connectivity index (χ1v) is 7.13. The molecule has 0 spiro atoms. The molecule has 1 aliphatic rings. The van der Waals surface area contributed by atoms with Gasteiger partial charge in [0.05, 0.1) is 0 Å². The van der Waals surface area contributed by atoms with Crippen LogP contribution in [0, 0.1) is 0 Å². The molecule has 1 aromatic rings. The van der Waals surface area contributed by atoms with Crippen LogP contribution in [0.2, 0.25) is 0 Å².